The van der Waals surface area contributed by atoms with E-state index in [9.17, 15) is 4.79 Å². The lowest BCUT2D eigenvalue weighted by atomic mass is 9.96. The van der Waals surface area contributed by atoms with Crippen molar-refractivity contribution in [3.63, 3.8) is 0 Å². The molecule has 0 saturated carbocycles. The first-order chi connectivity index (χ1) is 8.78. The Hall–Kier alpha value is -0.610. The van der Waals surface area contributed by atoms with E-state index in [1.54, 1.807) is 0 Å². The molecule has 0 aromatic heterocycles. The fourth-order valence-corrected chi connectivity index (χ4v) is 2.73. The fourth-order valence-electron chi connectivity index (χ4n) is 2.73. The molecule has 0 aromatic rings. The summed E-state index contributed by atoms with van der Waals surface area (Å²) < 4.78 is 0. The molecule has 19 heavy (non-hydrogen) atoms. The number of nitrogens with zero attached hydrogens (tertiary/aromatic N) is 1. The highest BCUT2D eigenvalue weighted by molar-refractivity contribution is 5.86. The van der Waals surface area contributed by atoms with Gasteiger partial charge in [-0.1, -0.05) is 13.3 Å². The zero-order valence-electron chi connectivity index (χ0n) is 13.3. The third kappa shape index (κ3) is 5.11. The smallest absolute Gasteiger partial charge is 0.242 e. The Labute approximate surface area is 118 Å². The Bertz CT molecular complexity index is 300. The van der Waals surface area contributed by atoms with E-state index in [1.807, 2.05) is 18.7 Å². The number of rotatable bonds is 6. The molecule has 0 unspecified atom stereocenters. The lowest BCUT2D eigenvalue weighted by Gasteiger charge is -2.33. The number of hydrogen-bond acceptors (Lipinski definition) is 3. The summed E-state index contributed by atoms with van der Waals surface area (Å²) in [5, 5.41) is 6.88. The van der Waals surface area contributed by atoms with Gasteiger partial charge in [0, 0.05) is 25.2 Å². The molecule has 0 radical (unpaired) electrons. The van der Waals surface area contributed by atoms with Crippen molar-refractivity contribution in [2.45, 2.75) is 65.0 Å². The van der Waals surface area contributed by atoms with Crippen LogP contribution in [0, 0.1) is 0 Å². The molecule has 0 aliphatic carbocycles. The molecule has 1 fully saturated rings. The molecule has 1 rings (SSSR count). The number of amides is 1. The first kappa shape index (κ1) is 16.4. The number of hydrogen-bond donors (Lipinski definition) is 2. The van der Waals surface area contributed by atoms with Gasteiger partial charge < -0.3 is 10.2 Å². The van der Waals surface area contributed by atoms with Crippen molar-refractivity contribution in [2.24, 2.45) is 0 Å². The van der Waals surface area contributed by atoms with E-state index in [0.717, 1.165) is 32.6 Å². The van der Waals surface area contributed by atoms with Gasteiger partial charge in [0.25, 0.3) is 0 Å². The zero-order valence-corrected chi connectivity index (χ0v) is 13.3. The predicted octanol–water partition coefficient (Wildman–Crippen LogP) is 1.76. The molecule has 2 N–H and O–H groups in total. The van der Waals surface area contributed by atoms with Crippen LogP contribution in [0.15, 0.2) is 0 Å². The average molecular weight is 269 g/mol. The highest BCUT2D eigenvalue weighted by Crippen LogP contribution is 2.21. The molecule has 112 valence electrons. The molecule has 4 nitrogen and oxygen atoms in total. The quantitative estimate of drug-likeness (QED) is 0.722. The molecule has 1 aliphatic rings. The second-order valence-corrected chi connectivity index (χ2v) is 6.78. The Morgan fingerprint density at radius 2 is 1.95 bits per heavy atom. The highest BCUT2D eigenvalue weighted by Gasteiger charge is 2.39. The molecule has 1 amide bonds. The Kier molecular flexibility index (Phi) is 5.81. The minimum atomic E-state index is -0.469. The van der Waals surface area contributed by atoms with Crippen LogP contribution in [0.4, 0.5) is 0 Å². The molecular weight excluding hydrogens is 238 g/mol. The van der Waals surface area contributed by atoms with Gasteiger partial charge in [-0.25, -0.2) is 0 Å². The van der Waals surface area contributed by atoms with Crippen LogP contribution in [0.5, 0.6) is 0 Å². The van der Waals surface area contributed by atoms with Gasteiger partial charge in [-0.2, -0.15) is 0 Å². The van der Waals surface area contributed by atoms with Gasteiger partial charge in [-0.3, -0.25) is 10.1 Å². The van der Waals surface area contributed by atoms with Crippen LogP contribution < -0.4 is 10.6 Å². The van der Waals surface area contributed by atoms with Crippen LogP contribution >= 0.6 is 0 Å². The van der Waals surface area contributed by atoms with E-state index in [1.165, 1.54) is 12.8 Å². The zero-order chi connectivity index (χ0) is 14.5. The van der Waals surface area contributed by atoms with E-state index < -0.39 is 5.54 Å². The number of unbranched alkanes of at least 4 members (excludes halogenated alkanes) is 1. The summed E-state index contributed by atoms with van der Waals surface area (Å²) in [5.74, 6) is 0.218. The maximum atomic E-state index is 12.5. The standard InChI is InChI=1S/C15H31N3O/c1-6-7-9-16-10-12-18-11-8-14(2,3)17-15(4,5)13(18)19/h16-17H,6-12H2,1-5H3. The second kappa shape index (κ2) is 6.71. The number of carbonyl (C=O) groups excluding carboxylic acids is 1. The van der Waals surface area contributed by atoms with Gasteiger partial charge in [0.05, 0.1) is 5.54 Å². The topological polar surface area (TPSA) is 44.4 Å². The molecule has 0 bridgehead atoms. The van der Waals surface area contributed by atoms with Gasteiger partial charge >= 0.3 is 0 Å². The van der Waals surface area contributed by atoms with E-state index in [-0.39, 0.29) is 11.4 Å². The molecule has 0 aromatic carbocycles. The minimum absolute atomic E-state index is 0.0174. The van der Waals surface area contributed by atoms with Gasteiger partial charge in [0.15, 0.2) is 0 Å². The largest absolute Gasteiger partial charge is 0.340 e. The normalized spacial score (nSPS) is 22.4. The van der Waals surface area contributed by atoms with Crippen LogP contribution in [-0.2, 0) is 4.79 Å². The Morgan fingerprint density at radius 1 is 1.26 bits per heavy atom. The van der Waals surface area contributed by atoms with Crippen LogP contribution in [0.1, 0.15) is 53.9 Å². The number of carbonyl (C=O) groups is 1. The van der Waals surface area contributed by atoms with Gasteiger partial charge in [0.1, 0.15) is 0 Å². The molecule has 0 atom stereocenters. The molecule has 4 heteroatoms. The molecule has 1 aliphatic heterocycles. The number of nitrogens with one attached hydrogen (secondary N) is 2. The molecule has 0 spiro atoms. The van der Waals surface area contributed by atoms with Gasteiger partial charge in [-0.15, -0.1) is 0 Å². The maximum Gasteiger partial charge on any atom is 0.242 e. The average Bonchev–Trinajstić information content (AvgIpc) is 2.37. The van der Waals surface area contributed by atoms with Crippen LogP contribution in [0.25, 0.3) is 0 Å². The van der Waals surface area contributed by atoms with Crippen LogP contribution in [0.3, 0.4) is 0 Å². The first-order valence-electron chi connectivity index (χ1n) is 7.58. The fraction of sp³-hybridized carbons (Fsp3) is 0.933. The Balaban J connectivity index is 2.51. The van der Waals surface area contributed by atoms with Crippen molar-refractivity contribution in [2.75, 3.05) is 26.2 Å². The van der Waals surface area contributed by atoms with Crippen molar-refractivity contribution in [3.05, 3.63) is 0 Å². The first-order valence-corrected chi connectivity index (χ1v) is 7.58. The predicted molar refractivity (Wildman–Crippen MR) is 80.3 cm³/mol. The summed E-state index contributed by atoms with van der Waals surface area (Å²) in [7, 11) is 0. The van der Waals surface area contributed by atoms with Crippen molar-refractivity contribution in [1.29, 1.82) is 0 Å². The van der Waals surface area contributed by atoms with E-state index in [2.05, 4.69) is 31.4 Å². The second-order valence-electron chi connectivity index (χ2n) is 6.78. The summed E-state index contributed by atoms with van der Waals surface area (Å²) in [6.07, 6.45) is 3.41. The van der Waals surface area contributed by atoms with Crippen molar-refractivity contribution in [1.82, 2.24) is 15.5 Å². The summed E-state index contributed by atoms with van der Waals surface area (Å²) in [5.41, 5.74) is -0.451. The summed E-state index contributed by atoms with van der Waals surface area (Å²) in [4.78, 5) is 14.5. The van der Waals surface area contributed by atoms with Crippen molar-refractivity contribution < 1.29 is 4.79 Å². The maximum absolute atomic E-state index is 12.5. The summed E-state index contributed by atoms with van der Waals surface area (Å²) >= 11 is 0. The van der Waals surface area contributed by atoms with Crippen molar-refractivity contribution >= 4 is 5.91 Å². The third-order valence-electron chi connectivity index (χ3n) is 3.75. The SMILES string of the molecule is CCCCNCCN1CCC(C)(C)NC(C)(C)C1=O. The molecular formula is C15H31N3O. The van der Waals surface area contributed by atoms with E-state index >= 15 is 0 Å². The highest BCUT2D eigenvalue weighted by atomic mass is 16.2. The van der Waals surface area contributed by atoms with Crippen LogP contribution in [0.2, 0.25) is 0 Å². The third-order valence-corrected chi connectivity index (χ3v) is 3.75. The monoisotopic (exact) mass is 269 g/mol. The molecule has 1 heterocycles. The van der Waals surface area contributed by atoms with E-state index in [0.29, 0.717) is 0 Å². The van der Waals surface area contributed by atoms with Crippen LogP contribution in [-0.4, -0.2) is 48.1 Å². The Morgan fingerprint density at radius 3 is 2.58 bits per heavy atom. The van der Waals surface area contributed by atoms with Crippen molar-refractivity contribution in [3.8, 4) is 0 Å². The summed E-state index contributed by atoms with van der Waals surface area (Å²) in [6, 6.07) is 0. The summed E-state index contributed by atoms with van der Waals surface area (Å²) in [6.45, 7) is 14.1. The van der Waals surface area contributed by atoms with Gasteiger partial charge in [0.2, 0.25) is 5.91 Å². The van der Waals surface area contributed by atoms with Gasteiger partial charge in [-0.05, 0) is 47.1 Å². The van der Waals surface area contributed by atoms with E-state index in [4.69, 9.17) is 0 Å². The lowest BCUT2D eigenvalue weighted by molar-refractivity contribution is -0.136. The lowest BCUT2D eigenvalue weighted by Crippen LogP contribution is -2.57. The molecule has 1 saturated heterocycles. The minimum Gasteiger partial charge on any atom is -0.340 e.